The van der Waals surface area contributed by atoms with Gasteiger partial charge in [0, 0.05) is 31.1 Å². The number of likely N-dealkylation sites (N-methyl/N-ethyl adjacent to an activating group) is 1. The van der Waals surface area contributed by atoms with Crippen LogP contribution in [0.5, 0.6) is 0 Å². The summed E-state index contributed by atoms with van der Waals surface area (Å²) in [5.41, 5.74) is 1.33. The highest BCUT2D eigenvalue weighted by molar-refractivity contribution is 7.10. The van der Waals surface area contributed by atoms with Gasteiger partial charge in [0.1, 0.15) is 5.82 Å². The molecule has 0 aromatic carbocycles. The van der Waals surface area contributed by atoms with E-state index in [0.29, 0.717) is 6.54 Å². The van der Waals surface area contributed by atoms with Crippen LogP contribution in [0.4, 0.5) is 0 Å². The monoisotopic (exact) mass is 333 g/mol. The Morgan fingerprint density at radius 2 is 2.22 bits per heavy atom. The van der Waals surface area contributed by atoms with Crippen molar-refractivity contribution < 1.29 is 5.11 Å². The number of fused-ring (bicyclic) bond motifs is 1. The van der Waals surface area contributed by atoms with Gasteiger partial charge in [0.25, 0.3) is 0 Å². The molecule has 2 aliphatic rings. The maximum atomic E-state index is 10.2. The van der Waals surface area contributed by atoms with Gasteiger partial charge in [0.15, 0.2) is 5.82 Å². The molecular weight excluding hydrogens is 310 g/mol. The highest BCUT2D eigenvalue weighted by atomic mass is 32.1. The summed E-state index contributed by atoms with van der Waals surface area (Å²) in [5.74, 6) is 2.07. The number of likely N-dealkylation sites (tertiary alicyclic amines) is 1. The normalized spacial score (nSPS) is 25.9. The summed E-state index contributed by atoms with van der Waals surface area (Å²) in [5, 5.41) is 21.2. The maximum Gasteiger partial charge on any atom is 0.150 e. The van der Waals surface area contributed by atoms with Crippen LogP contribution in [0.15, 0.2) is 11.4 Å². The smallest absolute Gasteiger partial charge is 0.150 e. The van der Waals surface area contributed by atoms with Gasteiger partial charge in [0.2, 0.25) is 0 Å². The van der Waals surface area contributed by atoms with Crippen molar-refractivity contribution in [1.29, 1.82) is 0 Å². The molecule has 4 rings (SSSR count). The highest BCUT2D eigenvalue weighted by Crippen LogP contribution is 2.34. The summed E-state index contributed by atoms with van der Waals surface area (Å²) in [4.78, 5) is 6.01. The Kier molecular flexibility index (Phi) is 3.96. The van der Waals surface area contributed by atoms with Gasteiger partial charge < -0.3 is 9.67 Å². The van der Waals surface area contributed by atoms with E-state index in [9.17, 15) is 5.11 Å². The fourth-order valence-corrected chi connectivity index (χ4v) is 4.55. The SMILES string of the molecule is Cc1ccsc1CN1C[C@@H](O)C[C@H]1c1nnc2n1CCN(C)C2. The number of rotatable bonds is 3. The number of aliphatic hydroxyl groups excluding tert-OH is 1. The maximum absolute atomic E-state index is 10.2. The molecule has 23 heavy (non-hydrogen) atoms. The second-order valence-corrected chi connectivity index (χ2v) is 7.73. The van der Waals surface area contributed by atoms with Crippen LogP contribution in [0.25, 0.3) is 0 Å². The average molecular weight is 333 g/mol. The molecule has 2 aromatic rings. The van der Waals surface area contributed by atoms with Crippen molar-refractivity contribution in [3.63, 3.8) is 0 Å². The average Bonchev–Trinajstić information content (AvgIpc) is 3.19. The van der Waals surface area contributed by atoms with E-state index in [4.69, 9.17) is 0 Å². The van der Waals surface area contributed by atoms with Gasteiger partial charge in [-0.1, -0.05) is 0 Å². The van der Waals surface area contributed by atoms with Crippen molar-refractivity contribution >= 4 is 11.3 Å². The number of aromatic nitrogens is 3. The zero-order valence-electron chi connectivity index (χ0n) is 13.6. The quantitative estimate of drug-likeness (QED) is 0.920. The molecule has 0 aliphatic carbocycles. The number of hydrogen-bond donors (Lipinski definition) is 1. The molecule has 0 spiro atoms. The van der Waals surface area contributed by atoms with Crippen molar-refractivity contribution in [2.75, 3.05) is 20.1 Å². The van der Waals surface area contributed by atoms with Crippen LogP contribution in [0.3, 0.4) is 0 Å². The standard InChI is InChI=1S/C16H23N5OS/c1-11-3-6-23-14(11)9-20-8-12(22)7-13(20)16-18-17-15-10-19(2)4-5-21(15)16/h3,6,12-13,22H,4-5,7-10H2,1-2H3/t12-,13-/m0/s1. The van der Waals surface area contributed by atoms with Crippen LogP contribution >= 0.6 is 11.3 Å². The lowest BCUT2D eigenvalue weighted by Gasteiger charge is -2.27. The first-order chi connectivity index (χ1) is 11.1. The molecule has 1 N–H and O–H groups in total. The molecule has 4 heterocycles. The van der Waals surface area contributed by atoms with E-state index in [-0.39, 0.29) is 12.1 Å². The molecule has 2 aromatic heterocycles. The molecule has 0 saturated carbocycles. The number of β-amino-alcohol motifs (C(OH)–C–C–N with tert-alkyl or cyclic N) is 1. The van der Waals surface area contributed by atoms with Crippen molar-refractivity contribution in [3.8, 4) is 0 Å². The third-order valence-corrected chi connectivity index (χ3v) is 5.97. The van der Waals surface area contributed by atoms with Crippen LogP contribution in [0.1, 0.15) is 34.6 Å². The van der Waals surface area contributed by atoms with Crippen LogP contribution in [-0.4, -0.2) is 55.9 Å². The molecule has 0 radical (unpaired) electrons. The Hall–Kier alpha value is -1.28. The Bertz CT molecular complexity index is 696. The van der Waals surface area contributed by atoms with Crippen LogP contribution in [0.2, 0.25) is 0 Å². The van der Waals surface area contributed by atoms with E-state index < -0.39 is 0 Å². The lowest BCUT2D eigenvalue weighted by atomic mass is 10.1. The molecule has 1 saturated heterocycles. The summed E-state index contributed by atoms with van der Waals surface area (Å²) in [6.07, 6.45) is 0.470. The Balaban J connectivity index is 1.60. The predicted molar refractivity (Wildman–Crippen MR) is 89.2 cm³/mol. The first-order valence-electron chi connectivity index (χ1n) is 8.17. The zero-order chi connectivity index (χ0) is 16.0. The van der Waals surface area contributed by atoms with E-state index >= 15 is 0 Å². The molecule has 0 amide bonds. The Labute approximate surface area is 140 Å². The number of aryl methyl sites for hydroxylation is 1. The van der Waals surface area contributed by atoms with Gasteiger partial charge in [-0.05, 0) is 37.4 Å². The van der Waals surface area contributed by atoms with Crippen LogP contribution < -0.4 is 0 Å². The number of hydrogen-bond acceptors (Lipinski definition) is 6. The van der Waals surface area contributed by atoms with Crippen LogP contribution in [0, 0.1) is 6.92 Å². The number of aliphatic hydroxyl groups is 1. The van der Waals surface area contributed by atoms with Crippen molar-refractivity contribution in [3.05, 3.63) is 33.5 Å². The first kappa shape index (κ1) is 15.3. The van der Waals surface area contributed by atoms with E-state index in [1.165, 1.54) is 10.4 Å². The minimum absolute atomic E-state index is 0.163. The molecule has 1 fully saturated rings. The van der Waals surface area contributed by atoms with Crippen molar-refractivity contribution in [2.45, 2.75) is 45.1 Å². The van der Waals surface area contributed by atoms with E-state index in [1.54, 1.807) is 11.3 Å². The molecule has 2 atom stereocenters. The molecular formula is C16H23N5OS. The van der Waals surface area contributed by atoms with E-state index in [2.05, 4.69) is 50.0 Å². The summed E-state index contributed by atoms with van der Waals surface area (Å²) < 4.78 is 2.26. The lowest BCUT2D eigenvalue weighted by molar-refractivity contribution is 0.172. The predicted octanol–water partition coefficient (Wildman–Crippen LogP) is 1.40. The van der Waals surface area contributed by atoms with Gasteiger partial charge >= 0.3 is 0 Å². The van der Waals surface area contributed by atoms with E-state index in [0.717, 1.165) is 44.2 Å². The Morgan fingerprint density at radius 1 is 1.35 bits per heavy atom. The molecule has 7 heteroatoms. The fraction of sp³-hybridized carbons (Fsp3) is 0.625. The summed E-state index contributed by atoms with van der Waals surface area (Å²) in [6.45, 7) is 6.57. The Morgan fingerprint density at radius 3 is 3.00 bits per heavy atom. The molecule has 0 bridgehead atoms. The highest BCUT2D eigenvalue weighted by Gasteiger charge is 2.36. The largest absolute Gasteiger partial charge is 0.392 e. The lowest BCUT2D eigenvalue weighted by Crippen LogP contribution is -2.33. The molecule has 124 valence electrons. The van der Waals surface area contributed by atoms with Crippen molar-refractivity contribution in [2.24, 2.45) is 0 Å². The summed E-state index contributed by atoms with van der Waals surface area (Å²) in [7, 11) is 2.11. The van der Waals surface area contributed by atoms with Gasteiger partial charge in [-0.3, -0.25) is 9.80 Å². The molecule has 6 nitrogen and oxygen atoms in total. The van der Waals surface area contributed by atoms with Gasteiger partial charge in [-0.15, -0.1) is 21.5 Å². The van der Waals surface area contributed by atoms with Crippen LogP contribution in [-0.2, 0) is 19.6 Å². The van der Waals surface area contributed by atoms with E-state index in [1.807, 2.05) is 0 Å². The molecule has 0 unspecified atom stereocenters. The van der Waals surface area contributed by atoms with Crippen molar-refractivity contribution in [1.82, 2.24) is 24.6 Å². The summed E-state index contributed by atoms with van der Waals surface area (Å²) >= 11 is 1.79. The second-order valence-electron chi connectivity index (χ2n) is 6.73. The third kappa shape index (κ3) is 2.82. The summed E-state index contributed by atoms with van der Waals surface area (Å²) in [6, 6.07) is 2.33. The zero-order valence-corrected chi connectivity index (χ0v) is 14.5. The van der Waals surface area contributed by atoms with Gasteiger partial charge in [-0.2, -0.15) is 0 Å². The first-order valence-corrected chi connectivity index (χ1v) is 9.05. The third-order valence-electron chi connectivity index (χ3n) is 4.97. The minimum atomic E-state index is -0.278. The minimum Gasteiger partial charge on any atom is -0.392 e. The number of nitrogens with zero attached hydrogens (tertiary/aromatic N) is 5. The van der Waals surface area contributed by atoms with Gasteiger partial charge in [-0.25, -0.2) is 0 Å². The molecule has 2 aliphatic heterocycles. The number of thiophene rings is 1. The van der Waals surface area contributed by atoms with Gasteiger partial charge in [0.05, 0.1) is 18.7 Å². The fourth-order valence-electron chi connectivity index (χ4n) is 3.62. The topological polar surface area (TPSA) is 57.4 Å². The second kappa shape index (κ2) is 5.98.